The van der Waals surface area contributed by atoms with E-state index < -0.39 is 23.8 Å². The van der Waals surface area contributed by atoms with Crippen molar-refractivity contribution in [2.24, 2.45) is 0 Å². The van der Waals surface area contributed by atoms with Crippen LogP contribution in [0.25, 0.3) is 0 Å². The number of allylic oxidation sites excluding steroid dienone is 3. The maximum Gasteiger partial charge on any atom is 0.325 e. The molecule has 0 saturated carbocycles. The number of carboxylic acid groups (broad SMARTS) is 1. The van der Waals surface area contributed by atoms with E-state index in [-0.39, 0.29) is 6.54 Å². The van der Waals surface area contributed by atoms with Gasteiger partial charge in [0.15, 0.2) is 0 Å². The summed E-state index contributed by atoms with van der Waals surface area (Å²) in [5, 5.41) is 13.2. The molecule has 6 heteroatoms. The Kier molecular flexibility index (Phi) is 7.60. The molecule has 0 aromatic heterocycles. The summed E-state index contributed by atoms with van der Waals surface area (Å²) in [6.45, 7) is 6.23. The highest BCUT2D eigenvalue weighted by molar-refractivity contribution is 5.98. The molecule has 0 aliphatic rings. The highest BCUT2D eigenvalue weighted by atomic mass is 16.4. The van der Waals surface area contributed by atoms with E-state index in [2.05, 4.69) is 17.2 Å². The fourth-order valence-corrected chi connectivity index (χ4v) is 1.09. The van der Waals surface area contributed by atoms with Gasteiger partial charge in [-0.1, -0.05) is 24.8 Å². The first kappa shape index (κ1) is 16.6. The first-order valence-corrected chi connectivity index (χ1v) is 5.68. The molecule has 0 aliphatic carbocycles. The molecule has 0 fully saturated rings. The van der Waals surface area contributed by atoms with Gasteiger partial charge in [0.25, 0.3) is 5.91 Å². The van der Waals surface area contributed by atoms with Crippen LogP contribution in [0.4, 0.5) is 0 Å². The second-order valence-corrected chi connectivity index (χ2v) is 3.65. The van der Waals surface area contributed by atoms with E-state index in [9.17, 15) is 14.4 Å². The number of carbonyl (C=O) groups excluding carboxylic acids is 2. The summed E-state index contributed by atoms with van der Waals surface area (Å²) in [7, 11) is 0. The average Bonchev–Trinajstić information content (AvgIpc) is 2.37. The van der Waals surface area contributed by atoms with Gasteiger partial charge in [-0.15, -0.1) is 0 Å². The van der Waals surface area contributed by atoms with Crippen LogP contribution in [0.2, 0.25) is 0 Å². The van der Waals surface area contributed by atoms with Gasteiger partial charge < -0.3 is 15.7 Å². The largest absolute Gasteiger partial charge is 0.480 e. The van der Waals surface area contributed by atoms with E-state index in [1.54, 1.807) is 25.2 Å². The van der Waals surface area contributed by atoms with Gasteiger partial charge in [-0.2, -0.15) is 0 Å². The molecule has 2 amide bonds. The van der Waals surface area contributed by atoms with Gasteiger partial charge >= 0.3 is 5.97 Å². The van der Waals surface area contributed by atoms with Crippen molar-refractivity contribution in [3.8, 4) is 0 Å². The molecule has 104 valence electrons. The van der Waals surface area contributed by atoms with Crippen LogP contribution in [-0.2, 0) is 14.4 Å². The topological polar surface area (TPSA) is 95.5 Å². The number of rotatable bonds is 7. The van der Waals surface area contributed by atoms with Crippen molar-refractivity contribution in [2.45, 2.75) is 19.9 Å². The predicted molar refractivity (Wildman–Crippen MR) is 71.3 cm³/mol. The third-order valence-electron chi connectivity index (χ3n) is 2.14. The van der Waals surface area contributed by atoms with Crippen molar-refractivity contribution >= 4 is 17.8 Å². The zero-order chi connectivity index (χ0) is 14.8. The molecule has 0 radical (unpaired) electrons. The summed E-state index contributed by atoms with van der Waals surface area (Å²) >= 11 is 0. The van der Waals surface area contributed by atoms with Crippen LogP contribution in [0.15, 0.2) is 36.5 Å². The first-order valence-electron chi connectivity index (χ1n) is 5.68. The van der Waals surface area contributed by atoms with E-state index in [4.69, 9.17) is 5.11 Å². The van der Waals surface area contributed by atoms with Crippen molar-refractivity contribution in [3.63, 3.8) is 0 Å². The number of amides is 2. The number of carbonyl (C=O) groups is 3. The smallest absolute Gasteiger partial charge is 0.325 e. The zero-order valence-electron chi connectivity index (χ0n) is 11.0. The zero-order valence-corrected chi connectivity index (χ0v) is 11.0. The van der Waals surface area contributed by atoms with Crippen molar-refractivity contribution in [3.05, 3.63) is 36.5 Å². The van der Waals surface area contributed by atoms with Crippen LogP contribution in [0.1, 0.15) is 13.8 Å². The first-order chi connectivity index (χ1) is 8.92. The van der Waals surface area contributed by atoms with Crippen LogP contribution >= 0.6 is 0 Å². The Morgan fingerprint density at radius 3 is 2.47 bits per heavy atom. The van der Waals surface area contributed by atoms with E-state index in [0.29, 0.717) is 5.57 Å². The van der Waals surface area contributed by atoms with E-state index in [1.807, 2.05) is 0 Å². The van der Waals surface area contributed by atoms with Gasteiger partial charge in [0.2, 0.25) is 5.91 Å². The Balaban J connectivity index is 4.29. The molecule has 0 saturated heterocycles. The van der Waals surface area contributed by atoms with Gasteiger partial charge in [-0.3, -0.25) is 14.4 Å². The van der Waals surface area contributed by atoms with Crippen LogP contribution < -0.4 is 10.6 Å². The molecule has 1 atom stereocenters. The lowest BCUT2D eigenvalue weighted by molar-refractivity contribution is -0.141. The highest BCUT2D eigenvalue weighted by Crippen LogP contribution is 1.96. The third kappa shape index (κ3) is 6.82. The quantitative estimate of drug-likeness (QED) is 0.458. The van der Waals surface area contributed by atoms with Gasteiger partial charge in [0, 0.05) is 5.57 Å². The maximum atomic E-state index is 11.6. The molecule has 1 unspecified atom stereocenters. The normalized spacial score (nSPS) is 12.8. The van der Waals surface area contributed by atoms with Gasteiger partial charge in [0.1, 0.15) is 6.04 Å². The SMILES string of the molecule is C=C/C=C\C(=C/C)C(=O)NCC(=O)NC(C)C(=O)O. The second-order valence-electron chi connectivity index (χ2n) is 3.65. The van der Waals surface area contributed by atoms with Crippen molar-refractivity contribution < 1.29 is 19.5 Å². The molecule has 0 aromatic carbocycles. The fourth-order valence-electron chi connectivity index (χ4n) is 1.09. The second kappa shape index (κ2) is 8.68. The molecular weight excluding hydrogens is 248 g/mol. The van der Waals surface area contributed by atoms with Gasteiger partial charge in [0.05, 0.1) is 6.54 Å². The Labute approximate surface area is 111 Å². The lowest BCUT2D eigenvalue weighted by atomic mass is 10.2. The molecular formula is C13H18N2O4. The van der Waals surface area contributed by atoms with E-state index >= 15 is 0 Å². The predicted octanol–water partition coefficient (Wildman–Crippen LogP) is 0.380. The minimum atomic E-state index is -1.14. The summed E-state index contributed by atoms with van der Waals surface area (Å²) in [5.74, 6) is -2.12. The number of carboxylic acids is 1. The minimum Gasteiger partial charge on any atom is -0.480 e. The summed E-state index contributed by atoms with van der Waals surface area (Å²) in [4.78, 5) is 33.5. The standard InChI is InChI=1S/C13H18N2O4/c1-4-6-7-10(5-2)12(17)14-8-11(16)15-9(3)13(18)19/h4-7,9H,1,8H2,2-3H3,(H,14,17)(H,15,16)(H,18,19)/b7-6-,10-5+. The van der Waals surface area contributed by atoms with Crippen LogP contribution in [-0.4, -0.2) is 35.5 Å². The van der Waals surface area contributed by atoms with Gasteiger partial charge in [-0.25, -0.2) is 0 Å². The molecule has 0 spiro atoms. The molecule has 0 bridgehead atoms. The minimum absolute atomic E-state index is 0.282. The third-order valence-corrected chi connectivity index (χ3v) is 2.14. The summed E-state index contributed by atoms with van der Waals surface area (Å²) in [5.41, 5.74) is 0.388. The number of aliphatic carboxylic acids is 1. The van der Waals surface area contributed by atoms with Crippen LogP contribution in [0.5, 0.6) is 0 Å². The summed E-state index contributed by atoms with van der Waals surface area (Å²) in [6.07, 6.45) is 6.27. The molecule has 0 heterocycles. The molecule has 0 aliphatic heterocycles. The molecule has 19 heavy (non-hydrogen) atoms. The fraction of sp³-hybridized carbons (Fsp3) is 0.308. The highest BCUT2D eigenvalue weighted by Gasteiger charge is 2.14. The molecule has 6 nitrogen and oxygen atoms in total. The summed E-state index contributed by atoms with van der Waals surface area (Å²) in [6, 6.07) is -0.994. The Hall–Kier alpha value is -2.37. The molecule has 0 aromatic rings. The lowest BCUT2D eigenvalue weighted by Gasteiger charge is -2.10. The van der Waals surface area contributed by atoms with E-state index in [1.165, 1.54) is 13.0 Å². The van der Waals surface area contributed by atoms with Crippen LogP contribution in [0, 0.1) is 0 Å². The lowest BCUT2D eigenvalue weighted by Crippen LogP contribution is -2.44. The number of hydrogen-bond donors (Lipinski definition) is 3. The Morgan fingerprint density at radius 2 is 2.00 bits per heavy atom. The molecule has 0 rings (SSSR count). The Bertz CT molecular complexity index is 424. The number of nitrogens with one attached hydrogen (secondary N) is 2. The van der Waals surface area contributed by atoms with Crippen LogP contribution in [0.3, 0.4) is 0 Å². The van der Waals surface area contributed by atoms with Crippen molar-refractivity contribution in [1.82, 2.24) is 10.6 Å². The molecule has 3 N–H and O–H groups in total. The monoisotopic (exact) mass is 266 g/mol. The Morgan fingerprint density at radius 1 is 1.37 bits per heavy atom. The van der Waals surface area contributed by atoms with Crippen molar-refractivity contribution in [1.29, 1.82) is 0 Å². The maximum absolute atomic E-state index is 11.6. The summed E-state index contributed by atoms with van der Waals surface area (Å²) < 4.78 is 0. The van der Waals surface area contributed by atoms with Gasteiger partial charge in [-0.05, 0) is 19.9 Å². The van der Waals surface area contributed by atoms with Crippen molar-refractivity contribution in [2.75, 3.05) is 6.54 Å². The number of hydrogen-bond acceptors (Lipinski definition) is 3. The van der Waals surface area contributed by atoms with E-state index in [0.717, 1.165) is 0 Å². The average molecular weight is 266 g/mol.